The van der Waals surface area contributed by atoms with E-state index in [2.05, 4.69) is 69.3 Å². The monoisotopic (exact) mass is 1070 g/mol. The molecule has 3 aliphatic heterocycles. The maximum atomic E-state index is 10.2. The molecule has 3 saturated heterocycles. The number of aryl methyl sites for hydroxylation is 6. The first-order chi connectivity index (χ1) is 38.2. The number of rotatable bonds is 27. The van der Waals surface area contributed by atoms with Crippen LogP contribution in [0.5, 0.6) is 34.5 Å². The summed E-state index contributed by atoms with van der Waals surface area (Å²) >= 11 is 0. The van der Waals surface area contributed by atoms with E-state index >= 15 is 0 Å². The van der Waals surface area contributed by atoms with Crippen LogP contribution in [0.2, 0.25) is 0 Å². The Morgan fingerprint density at radius 3 is 0.885 bits per heavy atom. The molecule has 1 unspecified atom stereocenters. The second kappa shape index (κ2) is 33.3. The highest BCUT2D eigenvalue weighted by molar-refractivity contribution is 5.38. The average molecular weight is 1070 g/mol. The predicted molar refractivity (Wildman–Crippen MR) is 312 cm³/mol. The molecule has 9 rings (SSSR count). The average Bonchev–Trinajstić information content (AvgIpc) is 4.32. The summed E-state index contributed by atoms with van der Waals surface area (Å²) in [7, 11) is 5.07. The van der Waals surface area contributed by atoms with Gasteiger partial charge in [0.1, 0.15) is 72.6 Å². The van der Waals surface area contributed by atoms with Gasteiger partial charge in [-0.15, -0.1) is 0 Å². The molecule has 12 nitrogen and oxygen atoms in total. The van der Waals surface area contributed by atoms with E-state index in [0.717, 1.165) is 112 Å². The van der Waals surface area contributed by atoms with Crippen LogP contribution in [0.15, 0.2) is 146 Å². The molecule has 3 fully saturated rings. The van der Waals surface area contributed by atoms with Crippen LogP contribution >= 0.6 is 0 Å². The van der Waals surface area contributed by atoms with E-state index in [9.17, 15) is 15.3 Å². The number of benzene rings is 6. The lowest BCUT2D eigenvalue weighted by Crippen LogP contribution is -2.33. The van der Waals surface area contributed by atoms with Gasteiger partial charge in [0.15, 0.2) is 0 Å². The Morgan fingerprint density at radius 1 is 0.346 bits per heavy atom. The summed E-state index contributed by atoms with van der Waals surface area (Å²) in [6, 6.07) is 48.8. The minimum absolute atomic E-state index is 0.340. The van der Waals surface area contributed by atoms with Gasteiger partial charge in [-0.2, -0.15) is 0 Å². The summed E-state index contributed by atoms with van der Waals surface area (Å²) in [5.41, 5.74) is 7.24. The fourth-order valence-electron chi connectivity index (χ4n) is 10.4. The Morgan fingerprint density at radius 2 is 0.615 bits per heavy atom. The number of β-amino-alcohol motifs (C(OH)–C–C–N with tert-alkyl or cyclic N) is 3. The van der Waals surface area contributed by atoms with E-state index in [0.29, 0.717) is 39.5 Å². The number of aliphatic hydroxyl groups is 3. The van der Waals surface area contributed by atoms with E-state index in [4.69, 9.17) is 28.4 Å². The first-order valence-electron chi connectivity index (χ1n) is 28.5. The number of hydrogen-bond acceptors (Lipinski definition) is 12. The molecule has 12 heteroatoms. The molecule has 0 amide bonds. The van der Waals surface area contributed by atoms with Gasteiger partial charge in [-0.05, 0) is 204 Å². The van der Waals surface area contributed by atoms with Crippen molar-refractivity contribution in [2.24, 2.45) is 0 Å². The molecular weight excluding hydrogens is 979 g/mol. The van der Waals surface area contributed by atoms with E-state index < -0.39 is 18.3 Å². The molecule has 3 N–H and O–H groups in total. The van der Waals surface area contributed by atoms with Gasteiger partial charge in [0.25, 0.3) is 0 Å². The molecule has 6 aromatic carbocycles. The van der Waals surface area contributed by atoms with Crippen molar-refractivity contribution in [2.75, 3.05) is 100 Å². The molecule has 0 bridgehead atoms. The van der Waals surface area contributed by atoms with Gasteiger partial charge < -0.3 is 58.4 Å². The quantitative estimate of drug-likeness (QED) is 0.0455. The minimum atomic E-state index is -0.445. The third kappa shape index (κ3) is 20.9. The fourth-order valence-corrected chi connectivity index (χ4v) is 10.4. The number of hydrogen-bond donors (Lipinski definition) is 3. The topological polar surface area (TPSA) is 126 Å². The Balaban J connectivity index is 0.000000170. The van der Waals surface area contributed by atoms with Crippen molar-refractivity contribution >= 4 is 0 Å². The maximum Gasteiger partial charge on any atom is 0.122 e. The highest BCUT2D eigenvalue weighted by atomic mass is 16.5. The van der Waals surface area contributed by atoms with Gasteiger partial charge in [-0.1, -0.05) is 91.0 Å². The molecule has 0 aromatic heterocycles. The van der Waals surface area contributed by atoms with Crippen LogP contribution in [0.3, 0.4) is 0 Å². The molecule has 6 aromatic rings. The largest absolute Gasteiger partial charge is 0.497 e. The molecule has 3 atom stereocenters. The number of methoxy groups -OCH3 is 3. The van der Waals surface area contributed by atoms with Crippen molar-refractivity contribution < 1.29 is 43.7 Å². The number of likely N-dealkylation sites (tertiary alicyclic amines) is 3. The van der Waals surface area contributed by atoms with Crippen molar-refractivity contribution in [2.45, 2.75) is 95.4 Å². The Labute approximate surface area is 465 Å². The molecule has 0 spiro atoms. The van der Waals surface area contributed by atoms with Crippen molar-refractivity contribution in [3.05, 3.63) is 179 Å². The smallest absolute Gasteiger partial charge is 0.122 e. The Kier molecular flexibility index (Phi) is 25.5. The maximum absolute atomic E-state index is 10.2. The van der Waals surface area contributed by atoms with Gasteiger partial charge in [0.2, 0.25) is 0 Å². The van der Waals surface area contributed by atoms with Crippen molar-refractivity contribution in [1.82, 2.24) is 14.7 Å². The number of nitrogens with zero attached hydrogens (tertiary/aromatic N) is 3. The van der Waals surface area contributed by atoms with E-state index in [1.54, 1.807) is 21.3 Å². The Bertz CT molecular complexity index is 2330. The second-order valence-corrected chi connectivity index (χ2v) is 20.8. The lowest BCUT2D eigenvalue weighted by molar-refractivity contribution is 0.0754. The highest BCUT2D eigenvalue weighted by Crippen LogP contribution is 2.25. The first kappa shape index (κ1) is 59.5. The summed E-state index contributed by atoms with van der Waals surface area (Å²) in [5.74, 6) is 5.27. The molecule has 420 valence electrons. The number of ether oxygens (including phenoxy) is 6. The van der Waals surface area contributed by atoms with Gasteiger partial charge >= 0.3 is 0 Å². The molecule has 3 aliphatic rings. The van der Waals surface area contributed by atoms with Crippen LogP contribution in [0.25, 0.3) is 0 Å². The molecular formula is C66H87N3O9. The van der Waals surface area contributed by atoms with E-state index in [1.165, 1.54) is 71.9 Å². The zero-order valence-electron chi connectivity index (χ0n) is 46.7. The zero-order chi connectivity index (χ0) is 54.6. The molecule has 3 heterocycles. The third-order valence-electron chi connectivity index (χ3n) is 14.7. The molecule has 78 heavy (non-hydrogen) atoms. The van der Waals surface area contributed by atoms with Crippen LogP contribution in [-0.2, 0) is 38.5 Å². The number of para-hydroxylation sites is 3. The lowest BCUT2D eigenvalue weighted by Gasteiger charge is -2.20. The van der Waals surface area contributed by atoms with Crippen LogP contribution < -0.4 is 28.4 Å². The van der Waals surface area contributed by atoms with E-state index in [1.807, 2.05) is 91.0 Å². The molecule has 0 aliphatic carbocycles. The van der Waals surface area contributed by atoms with Crippen molar-refractivity contribution in [1.29, 1.82) is 0 Å². The standard InChI is InChI=1S/3C22H29NO3/c3*1-25-21-9-6-7-18(15-21)11-12-19-8-2-3-10-22(19)26-17-20(24)16-23-13-4-5-14-23/h3*2-3,6-10,15,20,24H,4-5,11-14,16-17H2,1H3/t2*20-;/m10./s1. The Hall–Kier alpha value is -6.12. The van der Waals surface area contributed by atoms with Gasteiger partial charge in [-0.25, -0.2) is 0 Å². The predicted octanol–water partition coefficient (Wildman–Crippen LogP) is 9.95. The van der Waals surface area contributed by atoms with Crippen LogP contribution in [-0.4, -0.2) is 148 Å². The zero-order valence-corrected chi connectivity index (χ0v) is 46.7. The normalized spacial score (nSPS) is 15.8. The van der Waals surface area contributed by atoms with Crippen LogP contribution in [0, 0.1) is 0 Å². The molecule has 0 radical (unpaired) electrons. The number of aliphatic hydroxyl groups excluding tert-OH is 3. The summed E-state index contributed by atoms with van der Waals surface area (Å²) in [4.78, 5) is 6.92. The van der Waals surface area contributed by atoms with Gasteiger partial charge in [-0.3, -0.25) is 0 Å². The van der Waals surface area contributed by atoms with Gasteiger partial charge in [0.05, 0.1) is 21.3 Å². The summed E-state index contributed by atoms with van der Waals surface area (Å²) < 4.78 is 33.7. The van der Waals surface area contributed by atoms with E-state index in [-0.39, 0.29) is 0 Å². The first-order valence-corrected chi connectivity index (χ1v) is 28.5. The summed E-state index contributed by atoms with van der Waals surface area (Å²) in [6.07, 6.45) is 11.5. The third-order valence-corrected chi connectivity index (χ3v) is 14.7. The molecule has 0 saturated carbocycles. The fraction of sp³-hybridized carbons (Fsp3) is 0.455. The van der Waals surface area contributed by atoms with Crippen molar-refractivity contribution in [3.8, 4) is 34.5 Å². The second-order valence-electron chi connectivity index (χ2n) is 20.8. The van der Waals surface area contributed by atoms with Crippen molar-refractivity contribution in [3.63, 3.8) is 0 Å². The highest BCUT2D eigenvalue weighted by Gasteiger charge is 2.20. The van der Waals surface area contributed by atoms with Crippen LogP contribution in [0.4, 0.5) is 0 Å². The summed E-state index contributed by atoms with van der Waals surface area (Å²) in [6.45, 7) is 9.67. The lowest BCUT2D eigenvalue weighted by atomic mass is 10.0. The minimum Gasteiger partial charge on any atom is -0.497 e. The summed E-state index contributed by atoms with van der Waals surface area (Å²) in [5, 5.41) is 30.7. The van der Waals surface area contributed by atoms with Crippen LogP contribution in [0.1, 0.15) is 71.9 Å². The SMILES string of the molecule is COc1cccc(CCc2ccccc2OCC(O)CN2CCCC2)c1.COc1cccc(CCc2ccccc2OC[C@@H](O)CN2CCCC2)c1.COc1cccc(CCc2ccccc2OC[C@H](O)CN2CCCC2)c1. The van der Waals surface area contributed by atoms with Gasteiger partial charge in [0, 0.05) is 19.6 Å².